The van der Waals surface area contributed by atoms with E-state index in [1.54, 1.807) is 0 Å². The summed E-state index contributed by atoms with van der Waals surface area (Å²) in [6.07, 6.45) is 1.89. The summed E-state index contributed by atoms with van der Waals surface area (Å²) in [6, 6.07) is 7.74. The summed E-state index contributed by atoms with van der Waals surface area (Å²) in [6.45, 7) is 7.42. The molecule has 1 aliphatic rings. The number of benzene rings is 1. The number of nitrogens with zero attached hydrogens (tertiary/aromatic N) is 1. The first-order valence-corrected chi connectivity index (χ1v) is 7.75. The highest BCUT2D eigenvalue weighted by Gasteiger charge is 2.31. The van der Waals surface area contributed by atoms with Crippen molar-refractivity contribution >= 4 is 5.97 Å². The van der Waals surface area contributed by atoms with E-state index in [-0.39, 0.29) is 12.5 Å². The Labute approximate surface area is 126 Å². The van der Waals surface area contributed by atoms with Gasteiger partial charge in [-0.3, -0.25) is 4.79 Å². The molecule has 0 aliphatic carbocycles. The molecule has 2 rings (SSSR count). The van der Waals surface area contributed by atoms with Gasteiger partial charge in [-0.1, -0.05) is 25.1 Å². The number of para-hydroxylation sites is 1. The molecule has 1 saturated heterocycles. The number of rotatable bonds is 6. The van der Waals surface area contributed by atoms with Crippen molar-refractivity contribution in [1.82, 2.24) is 4.90 Å². The highest BCUT2D eigenvalue weighted by Crippen LogP contribution is 2.27. The molecule has 1 aromatic rings. The van der Waals surface area contributed by atoms with Gasteiger partial charge in [0.25, 0.3) is 0 Å². The number of carboxylic acids is 1. The van der Waals surface area contributed by atoms with Crippen LogP contribution < -0.4 is 4.74 Å². The molecule has 1 heterocycles. The maximum absolute atomic E-state index is 11.6. The third-order valence-corrected chi connectivity index (χ3v) is 4.48. The first-order chi connectivity index (χ1) is 10.1. The number of piperidine rings is 1. The van der Waals surface area contributed by atoms with E-state index in [4.69, 9.17) is 4.74 Å². The standard InChI is InChI=1S/C17H25NO3/c1-3-18-10-8-14(9-11-18)15(17(19)20)12-21-16-7-5-4-6-13(16)2/h4-7,14-15H,3,8-12H2,1-2H3,(H,19,20). The number of aliphatic carboxylic acids is 1. The first-order valence-electron chi connectivity index (χ1n) is 7.75. The number of likely N-dealkylation sites (tertiary alicyclic amines) is 1. The summed E-state index contributed by atoms with van der Waals surface area (Å²) in [4.78, 5) is 13.9. The summed E-state index contributed by atoms with van der Waals surface area (Å²) in [5, 5.41) is 9.50. The summed E-state index contributed by atoms with van der Waals surface area (Å²) in [5.74, 6) is -0.147. The molecule has 1 aliphatic heterocycles. The Hall–Kier alpha value is -1.55. The van der Waals surface area contributed by atoms with Crippen molar-refractivity contribution in [3.8, 4) is 5.75 Å². The van der Waals surface area contributed by atoms with E-state index in [1.165, 1.54) is 0 Å². The smallest absolute Gasteiger partial charge is 0.310 e. The second kappa shape index (κ2) is 7.46. The Morgan fingerprint density at radius 1 is 1.38 bits per heavy atom. The first kappa shape index (κ1) is 15.8. The molecule has 1 aromatic carbocycles. The fourth-order valence-electron chi connectivity index (χ4n) is 2.98. The zero-order chi connectivity index (χ0) is 15.2. The highest BCUT2D eigenvalue weighted by atomic mass is 16.5. The van der Waals surface area contributed by atoms with E-state index in [1.807, 2.05) is 31.2 Å². The summed E-state index contributed by atoms with van der Waals surface area (Å²) >= 11 is 0. The van der Waals surface area contributed by atoms with Crippen LogP contribution in [0.2, 0.25) is 0 Å². The lowest BCUT2D eigenvalue weighted by Gasteiger charge is -2.33. The molecule has 4 heteroatoms. The average Bonchev–Trinajstić information content (AvgIpc) is 2.49. The minimum absolute atomic E-state index is 0.217. The van der Waals surface area contributed by atoms with Crippen LogP contribution in [0.5, 0.6) is 5.75 Å². The molecular weight excluding hydrogens is 266 g/mol. The predicted molar refractivity (Wildman–Crippen MR) is 82.6 cm³/mol. The van der Waals surface area contributed by atoms with Crippen molar-refractivity contribution in [3.63, 3.8) is 0 Å². The normalized spacial score (nSPS) is 18.4. The molecule has 0 radical (unpaired) electrons. The van der Waals surface area contributed by atoms with E-state index >= 15 is 0 Å². The van der Waals surface area contributed by atoms with E-state index in [9.17, 15) is 9.90 Å². The maximum Gasteiger partial charge on any atom is 0.310 e. The fourth-order valence-corrected chi connectivity index (χ4v) is 2.98. The van der Waals surface area contributed by atoms with Crippen molar-refractivity contribution in [2.75, 3.05) is 26.2 Å². The number of ether oxygens (including phenoxy) is 1. The molecule has 0 bridgehead atoms. The van der Waals surface area contributed by atoms with Crippen LogP contribution in [-0.4, -0.2) is 42.2 Å². The fraction of sp³-hybridized carbons (Fsp3) is 0.588. The molecule has 116 valence electrons. The Morgan fingerprint density at radius 2 is 2.05 bits per heavy atom. The Bertz CT molecular complexity index is 467. The van der Waals surface area contributed by atoms with Crippen molar-refractivity contribution in [3.05, 3.63) is 29.8 Å². The molecule has 4 nitrogen and oxygen atoms in total. The van der Waals surface area contributed by atoms with Crippen molar-refractivity contribution in [2.24, 2.45) is 11.8 Å². The molecular formula is C17H25NO3. The van der Waals surface area contributed by atoms with Crippen molar-refractivity contribution < 1.29 is 14.6 Å². The molecule has 1 unspecified atom stereocenters. The number of carbonyl (C=O) groups is 1. The van der Waals surface area contributed by atoms with Gasteiger partial charge in [-0.05, 0) is 56.9 Å². The van der Waals surface area contributed by atoms with Gasteiger partial charge in [-0.25, -0.2) is 0 Å². The van der Waals surface area contributed by atoms with Gasteiger partial charge in [0.15, 0.2) is 0 Å². The van der Waals surface area contributed by atoms with Gasteiger partial charge in [0.1, 0.15) is 12.4 Å². The molecule has 0 aromatic heterocycles. The van der Waals surface area contributed by atoms with Gasteiger partial charge in [0, 0.05) is 0 Å². The maximum atomic E-state index is 11.6. The van der Waals surface area contributed by atoms with Crippen LogP contribution in [0.15, 0.2) is 24.3 Å². The zero-order valence-electron chi connectivity index (χ0n) is 12.9. The number of hydrogen-bond donors (Lipinski definition) is 1. The Morgan fingerprint density at radius 3 is 2.62 bits per heavy atom. The molecule has 1 atom stereocenters. The largest absolute Gasteiger partial charge is 0.492 e. The van der Waals surface area contributed by atoms with Crippen LogP contribution in [0.1, 0.15) is 25.3 Å². The van der Waals surface area contributed by atoms with Crippen LogP contribution in [0.4, 0.5) is 0 Å². The minimum atomic E-state index is -0.737. The summed E-state index contributed by atoms with van der Waals surface area (Å²) in [5.41, 5.74) is 1.04. The topological polar surface area (TPSA) is 49.8 Å². The second-order valence-corrected chi connectivity index (χ2v) is 5.79. The van der Waals surface area contributed by atoms with Gasteiger partial charge in [0.05, 0.1) is 5.92 Å². The van der Waals surface area contributed by atoms with Crippen molar-refractivity contribution in [2.45, 2.75) is 26.7 Å². The predicted octanol–water partition coefficient (Wildman–Crippen LogP) is 2.81. The van der Waals surface area contributed by atoms with E-state index in [0.29, 0.717) is 0 Å². The lowest BCUT2D eigenvalue weighted by molar-refractivity contribution is -0.145. The lowest BCUT2D eigenvalue weighted by atomic mass is 9.84. The summed E-state index contributed by atoms with van der Waals surface area (Å²) < 4.78 is 5.77. The second-order valence-electron chi connectivity index (χ2n) is 5.79. The van der Waals surface area contributed by atoms with Gasteiger partial charge >= 0.3 is 5.97 Å². The van der Waals surface area contributed by atoms with Gasteiger partial charge in [0.2, 0.25) is 0 Å². The molecule has 1 fully saturated rings. The van der Waals surface area contributed by atoms with Crippen LogP contribution >= 0.6 is 0 Å². The number of aryl methyl sites for hydroxylation is 1. The molecule has 0 amide bonds. The zero-order valence-corrected chi connectivity index (χ0v) is 12.9. The lowest BCUT2D eigenvalue weighted by Crippen LogP contribution is -2.39. The molecule has 1 N–H and O–H groups in total. The van der Waals surface area contributed by atoms with Crippen LogP contribution in [0.25, 0.3) is 0 Å². The van der Waals surface area contributed by atoms with Gasteiger partial charge < -0.3 is 14.7 Å². The van der Waals surface area contributed by atoms with Crippen LogP contribution in [-0.2, 0) is 4.79 Å². The van der Waals surface area contributed by atoms with E-state index in [0.717, 1.165) is 43.8 Å². The third kappa shape index (κ3) is 4.21. The number of hydrogen-bond acceptors (Lipinski definition) is 3. The van der Waals surface area contributed by atoms with Gasteiger partial charge in [-0.15, -0.1) is 0 Å². The number of carboxylic acid groups (broad SMARTS) is 1. The van der Waals surface area contributed by atoms with Crippen molar-refractivity contribution in [1.29, 1.82) is 0 Å². The Balaban J connectivity index is 1.94. The van der Waals surface area contributed by atoms with Crippen LogP contribution in [0, 0.1) is 18.8 Å². The quantitative estimate of drug-likeness (QED) is 0.875. The van der Waals surface area contributed by atoms with E-state index in [2.05, 4.69) is 11.8 Å². The average molecular weight is 291 g/mol. The minimum Gasteiger partial charge on any atom is -0.492 e. The molecule has 21 heavy (non-hydrogen) atoms. The monoisotopic (exact) mass is 291 g/mol. The highest BCUT2D eigenvalue weighted by molar-refractivity contribution is 5.70. The summed E-state index contributed by atoms with van der Waals surface area (Å²) in [7, 11) is 0. The SMILES string of the molecule is CCN1CCC(C(COc2ccccc2C)C(=O)O)CC1. The van der Waals surface area contributed by atoms with Crippen LogP contribution in [0.3, 0.4) is 0 Å². The third-order valence-electron chi connectivity index (χ3n) is 4.48. The molecule has 0 spiro atoms. The molecule has 0 saturated carbocycles. The van der Waals surface area contributed by atoms with Gasteiger partial charge in [-0.2, -0.15) is 0 Å². The van der Waals surface area contributed by atoms with E-state index < -0.39 is 11.9 Å². The Kier molecular flexibility index (Phi) is 5.62.